The topological polar surface area (TPSA) is 78.5 Å². The fraction of sp³-hybridized carbons (Fsp3) is 0.211. The normalized spacial score (nSPS) is 19.4. The van der Waals surface area contributed by atoms with Crippen LogP contribution in [0.15, 0.2) is 54.6 Å². The molecule has 0 spiro atoms. The van der Waals surface area contributed by atoms with Crippen molar-refractivity contribution in [3.05, 3.63) is 71.5 Å². The van der Waals surface area contributed by atoms with Gasteiger partial charge in [0.25, 0.3) is 5.91 Å². The van der Waals surface area contributed by atoms with Crippen molar-refractivity contribution in [3.63, 3.8) is 0 Å². The first-order chi connectivity index (χ1) is 12.4. The molecular weight excluding hydrogens is 337 g/mol. The van der Waals surface area contributed by atoms with E-state index in [1.165, 1.54) is 6.07 Å². The average molecular weight is 355 g/mol. The molecule has 1 aliphatic heterocycles. The van der Waals surface area contributed by atoms with E-state index in [2.05, 4.69) is 10.6 Å². The van der Waals surface area contributed by atoms with Crippen molar-refractivity contribution < 1.29 is 18.8 Å². The second kappa shape index (κ2) is 6.95. The van der Waals surface area contributed by atoms with Gasteiger partial charge in [0.1, 0.15) is 17.9 Å². The predicted octanol–water partition coefficient (Wildman–Crippen LogP) is 1.91. The number of nitrogens with one attached hydrogen (secondary N) is 2. The summed E-state index contributed by atoms with van der Waals surface area (Å²) < 4.78 is 13.6. The third kappa shape index (κ3) is 3.28. The van der Waals surface area contributed by atoms with Crippen LogP contribution in [-0.4, -0.2) is 29.3 Å². The molecule has 3 rings (SSSR count). The van der Waals surface area contributed by atoms with Crippen molar-refractivity contribution in [1.29, 1.82) is 0 Å². The van der Waals surface area contributed by atoms with Gasteiger partial charge in [0, 0.05) is 12.1 Å². The summed E-state index contributed by atoms with van der Waals surface area (Å²) in [6.45, 7) is 1.15. The zero-order valence-corrected chi connectivity index (χ0v) is 14.2. The fourth-order valence-corrected chi connectivity index (χ4v) is 2.84. The van der Waals surface area contributed by atoms with Gasteiger partial charge < -0.3 is 10.6 Å². The van der Waals surface area contributed by atoms with E-state index in [1.54, 1.807) is 49.4 Å². The molecule has 1 saturated heterocycles. The van der Waals surface area contributed by atoms with Gasteiger partial charge in [-0.3, -0.25) is 14.5 Å². The Bertz CT molecular complexity index is 856. The highest BCUT2D eigenvalue weighted by Crippen LogP contribution is 2.28. The lowest BCUT2D eigenvalue weighted by atomic mass is 9.92. The van der Waals surface area contributed by atoms with Gasteiger partial charge in [-0.2, -0.15) is 0 Å². The molecular formula is C19H18FN3O3. The molecule has 0 unspecified atom stereocenters. The Morgan fingerprint density at radius 2 is 1.77 bits per heavy atom. The molecule has 1 atom stereocenters. The third-order valence-corrected chi connectivity index (χ3v) is 4.36. The van der Waals surface area contributed by atoms with Crippen LogP contribution in [0.4, 0.5) is 9.18 Å². The van der Waals surface area contributed by atoms with Gasteiger partial charge in [0.2, 0.25) is 5.91 Å². The third-order valence-electron chi connectivity index (χ3n) is 4.36. The molecule has 2 aromatic carbocycles. The molecule has 6 nitrogen and oxygen atoms in total. The molecule has 0 radical (unpaired) electrons. The Labute approximate surface area is 150 Å². The number of imide groups is 1. The van der Waals surface area contributed by atoms with Crippen LogP contribution in [0.3, 0.4) is 0 Å². The Morgan fingerprint density at radius 3 is 2.46 bits per heavy atom. The predicted molar refractivity (Wildman–Crippen MR) is 92.3 cm³/mol. The number of hydrogen-bond donors (Lipinski definition) is 2. The van der Waals surface area contributed by atoms with E-state index in [1.807, 2.05) is 6.07 Å². The monoisotopic (exact) mass is 355 g/mol. The van der Waals surface area contributed by atoms with Gasteiger partial charge in [-0.25, -0.2) is 9.18 Å². The molecule has 1 fully saturated rings. The highest BCUT2D eigenvalue weighted by molar-refractivity contribution is 6.09. The first-order valence-electron chi connectivity index (χ1n) is 8.11. The molecule has 134 valence electrons. The standard InChI is InChI=1S/C19H18FN3O3/c1-19(14-8-3-2-4-9-14)17(25)23(18(26)22-19)12-16(24)21-11-13-7-5-6-10-15(13)20/h2-10H,11-12H2,1H3,(H,21,24)(H,22,26)/t19-/m1/s1. The number of halogens is 1. The zero-order valence-electron chi connectivity index (χ0n) is 14.2. The lowest BCUT2D eigenvalue weighted by Crippen LogP contribution is -2.43. The van der Waals surface area contributed by atoms with Crippen LogP contribution < -0.4 is 10.6 Å². The van der Waals surface area contributed by atoms with E-state index < -0.39 is 35.7 Å². The Morgan fingerprint density at radius 1 is 1.12 bits per heavy atom. The van der Waals surface area contributed by atoms with Crippen LogP contribution in [0.2, 0.25) is 0 Å². The fourth-order valence-electron chi connectivity index (χ4n) is 2.84. The van der Waals surface area contributed by atoms with Gasteiger partial charge in [-0.05, 0) is 18.6 Å². The van der Waals surface area contributed by atoms with Gasteiger partial charge in [0.05, 0.1) is 0 Å². The molecule has 7 heteroatoms. The molecule has 2 aromatic rings. The molecule has 4 amide bonds. The van der Waals surface area contributed by atoms with Crippen LogP contribution in [0, 0.1) is 5.82 Å². The first-order valence-corrected chi connectivity index (χ1v) is 8.11. The van der Waals surface area contributed by atoms with Crippen molar-refractivity contribution in [2.24, 2.45) is 0 Å². The molecule has 0 aliphatic carbocycles. The molecule has 1 aliphatic rings. The van der Waals surface area contributed by atoms with Crippen LogP contribution in [0.5, 0.6) is 0 Å². The van der Waals surface area contributed by atoms with E-state index in [4.69, 9.17) is 0 Å². The second-order valence-corrected chi connectivity index (χ2v) is 6.18. The summed E-state index contributed by atoms with van der Waals surface area (Å²) in [6.07, 6.45) is 0. The maximum Gasteiger partial charge on any atom is 0.325 e. The van der Waals surface area contributed by atoms with Crippen molar-refractivity contribution in [3.8, 4) is 0 Å². The number of carbonyl (C=O) groups excluding carboxylic acids is 3. The number of rotatable bonds is 5. The van der Waals surface area contributed by atoms with Crippen molar-refractivity contribution >= 4 is 17.8 Å². The minimum atomic E-state index is -1.22. The summed E-state index contributed by atoms with van der Waals surface area (Å²) >= 11 is 0. The zero-order chi connectivity index (χ0) is 18.7. The molecule has 1 heterocycles. The van der Waals surface area contributed by atoms with Crippen molar-refractivity contribution in [1.82, 2.24) is 15.5 Å². The van der Waals surface area contributed by atoms with Crippen LogP contribution in [-0.2, 0) is 21.7 Å². The van der Waals surface area contributed by atoms with Gasteiger partial charge in [-0.15, -0.1) is 0 Å². The summed E-state index contributed by atoms with van der Waals surface area (Å²) in [5.74, 6) is -1.48. The second-order valence-electron chi connectivity index (χ2n) is 6.18. The van der Waals surface area contributed by atoms with E-state index in [-0.39, 0.29) is 6.54 Å². The van der Waals surface area contributed by atoms with Gasteiger partial charge >= 0.3 is 6.03 Å². The van der Waals surface area contributed by atoms with E-state index in [0.29, 0.717) is 11.1 Å². The van der Waals surface area contributed by atoms with Crippen molar-refractivity contribution in [2.45, 2.75) is 19.0 Å². The smallest absolute Gasteiger partial charge is 0.325 e. The Balaban J connectivity index is 1.66. The number of urea groups is 1. The first kappa shape index (κ1) is 17.6. The maximum atomic E-state index is 13.6. The average Bonchev–Trinajstić information content (AvgIpc) is 2.86. The molecule has 0 saturated carbocycles. The van der Waals surface area contributed by atoms with E-state index >= 15 is 0 Å². The highest BCUT2D eigenvalue weighted by Gasteiger charge is 2.49. The number of amides is 4. The van der Waals surface area contributed by atoms with Crippen molar-refractivity contribution in [2.75, 3.05) is 6.54 Å². The lowest BCUT2D eigenvalue weighted by molar-refractivity contribution is -0.134. The van der Waals surface area contributed by atoms with Gasteiger partial charge in [-0.1, -0.05) is 48.5 Å². The van der Waals surface area contributed by atoms with Crippen LogP contribution in [0.1, 0.15) is 18.1 Å². The lowest BCUT2D eigenvalue weighted by Gasteiger charge is -2.22. The van der Waals surface area contributed by atoms with Crippen LogP contribution in [0.25, 0.3) is 0 Å². The van der Waals surface area contributed by atoms with Gasteiger partial charge in [0.15, 0.2) is 0 Å². The molecule has 2 N–H and O–H groups in total. The minimum absolute atomic E-state index is 0.0227. The van der Waals surface area contributed by atoms with E-state index in [0.717, 1.165) is 4.90 Å². The highest BCUT2D eigenvalue weighted by atomic mass is 19.1. The quantitative estimate of drug-likeness (QED) is 0.804. The Kier molecular flexibility index (Phi) is 4.71. The summed E-state index contributed by atoms with van der Waals surface area (Å²) in [5.41, 5.74) is -0.260. The number of hydrogen-bond acceptors (Lipinski definition) is 3. The summed E-state index contributed by atoms with van der Waals surface area (Å²) in [4.78, 5) is 37.9. The number of carbonyl (C=O) groups is 3. The van der Waals surface area contributed by atoms with Crippen LogP contribution >= 0.6 is 0 Å². The molecule has 0 aromatic heterocycles. The molecule has 26 heavy (non-hydrogen) atoms. The maximum absolute atomic E-state index is 13.6. The number of benzene rings is 2. The van der Waals surface area contributed by atoms with E-state index in [9.17, 15) is 18.8 Å². The molecule has 0 bridgehead atoms. The minimum Gasteiger partial charge on any atom is -0.350 e. The summed E-state index contributed by atoms with van der Waals surface area (Å²) in [5, 5.41) is 5.15. The SMILES string of the molecule is C[C@]1(c2ccccc2)NC(=O)N(CC(=O)NCc2ccccc2F)C1=O. The number of nitrogens with zero attached hydrogens (tertiary/aromatic N) is 1. The largest absolute Gasteiger partial charge is 0.350 e. The Hall–Kier alpha value is -3.22. The summed E-state index contributed by atoms with van der Waals surface area (Å²) in [7, 11) is 0. The summed E-state index contributed by atoms with van der Waals surface area (Å²) in [6, 6.07) is 14.2.